The van der Waals surface area contributed by atoms with Crippen molar-refractivity contribution in [2.75, 3.05) is 7.11 Å². The summed E-state index contributed by atoms with van der Waals surface area (Å²) < 4.78 is 5.53. The number of fused-ring (bicyclic) bond motifs is 2. The molecule has 2 bridgehead atoms. The van der Waals surface area contributed by atoms with Gasteiger partial charge in [-0.2, -0.15) is 0 Å². The van der Waals surface area contributed by atoms with Crippen LogP contribution in [0.2, 0.25) is 0 Å². The predicted molar refractivity (Wildman–Crippen MR) is 104 cm³/mol. The number of ether oxygens (including phenoxy) is 1. The van der Waals surface area contributed by atoms with Crippen molar-refractivity contribution < 1.29 is 4.74 Å². The highest BCUT2D eigenvalue weighted by atomic mass is 16.5. The number of piperidine rings is 1. The lowest BCUT2D eigenvalue weighted by atomic mass is 9.82. The number of hydrogen-bond acceptors (Lipinski definition) is 2. The van der Waals surface area contributed by atoms with Crippen LogP contribution in [0.5, 0.6) is 5.75 Å². The van der Waals surface area contributed by atoms with E-state index >= 15 is 0 Å². The second-order valence-electron chi connectivity index (χ2n) is 7.39. The molecular formula is C23H27NO. The molecule has 2 aromatic rings. The second kappa shape index (κ2) is 7.05. The van der Waals surface area contributed by atoms with Crippen LogP contribution in [-0.2, 0) is 6.54 Å². The molecule has 2 aliphatic heterocycles. The van der Waals surface area contributed by atoms with Gasteiger partial charge >= 0.3 is 0 Å². The third kappa shape index (κ3) is 3.36. The van der Waals surface area contributed by atoms with Crippen LogP contribution in [0.1, 0.15) is 42.4 Å². The molecule has 2 unspecified atom stereocenters. The first-order valence-corrected chi connectivity index (χ1v) is 9.40. The highest BCUT2D eigenvalue weighted by Gasteiger charge is 2.34. The molecule has 2 heterocycles. The van der Waals surface area contributed by atoms with Gasteiger partial charge in [0.05, 0.1) is 7.11 Å². The maximum atomic E-state index is 5.53. The standard InChI is InChI=1S/C23H27NO/c1-17-11-12-19(15-23(17)25-2)20-13-21-9-6-10-22(14-20)24(21)16-18-7-4-3-5-8-18/h3-5,7-8,11-13,15,21-22H,6,9-10,14,16H2,1-2H3. The minimum absolute atomic E-state index is 0.565. The summed E-state index contributed by atoms with van der Waals surface area (Å²) in [6.07, 6.45) is 7.60. The van der Waals surface area contributed by atoms with Gasteiger partial charge in [0.25, 0.3) is 0 Å². The quantitative estimate of drug-likeness (QED) is 0.761. The monoisotopic (exact) mass is 333 g/mol. The van der Waals surface area contributed by atoms with Gasteiger partial charge in [0.15, 0.2) is 0 Å². The fourth-order valence-corrected chi connectivity index (χ4v) is 4.39. The number of methoxy groups -OCH3 is 1. The lowest BCUT2D eigenvalue weighted by molar-refractivity contribution is 0.0951. The Hall–Kier alpha value is -2.06. The number of benzene rings is 2. The van der Waals surface area contributed by atoms with E-state index in [4.69, 9.17) is 4.74 Å². The molecule has 2 aliphatic rings. The molecule has 2 atom stereocenters. The maximum absolute atomic E-state index is 5.53. The zero-order valence-electron chi connectivity index (χ0n) is 15.2. The van der Waals surface area contributed by atoms with Crippen molar-refractivity contribution in [2.45, 2.75) is 51.2 Å². The van der Waals surface area contributed by atoms with E-state index in [9.17, 15) is 0 Å². The first-order chi connectivity index (χ1) is 12.2. The molecule has 25 heavy (non-hydrogen) atoms. The van der Waals surface area contributed by atoms with Gasteiger partial charge in [-0.25, -0.2) is 0 Å². The van der Waals surface area contributed by atoms with Gasteiger partial charge in [-0.3, -0.25) is 4.90 Å². The molecule has 2 nitrogen and oxygen atoms in total. The van der Waals surface area contributed by atoms with Crippen molar-refractivity contribution in [3.63, 3.8) is 0 Å². The van der Waals surface area contributed by atoms with Crippen molar-refractivity contribution in [2.24, 2.45) is 0 Å². The average Bonchev–Trinajstić information content (AvgIpc) is 2.63. The van der Waals surface area contributed by atoms with E-state index in [1.165, 1.54) is 41.5 Å². The number of hydrogen-bond donors (Lipinski definition) is 0. The Labute approximate surface area is 151 Å². The van der Waals surface area contributed by atoms with Gasteiger partial charge in [-0.05, 0) is 54.5 Å². The Balaban J connectivity index is 1.61. The number of nitrogens with zero attached hydrogens (tertiary/aromatic N) is 1. The lowest BCUT2D eigenvalue weighted by Gasteiger charge is -2.45. The summed E-state index contributed by atoms with van der Waals surface area (Å²) >= 11 is 0. The van der Waals surface area contributed by atoms with Gasteiger partial charge in [-0.15, -0.1) is 0 Å². The Morgan fingerprint density at radius 1 is 1.08 bits per heavy atom. The van der Waals surface area contributed by atoms with Crippen molar-refractivity contribution >= 4 is 5.57 Å². The van der Waals surface area contributed by atoms with Crippen molar-refractivity contribution in [1.82, 2.24) is 4.90 Å². The Kier molecular flexibility index (Phi) is 4.63. The summed E-state index contributed by atoms with van der Waals surface area (Å²) in [4.78, 5) is 2.72. The number of aryl methyl sites for hydroxylation is 1. The van der Waals surface area contributed by atoms with E-state index in [-0.39, 0.29) is 0 Å². The van der Waals surface area contributed by atoms with E-state index < -0.39 is 0 Å². The van der Waals surface area contributed by atoms with E-state index in [1.54, 1.807) is 7.11 Å². The molecule has 0 spiro atoms. The molecule has 0 aromatic heterocycles. The first-order valence-electron chi connectivity index (χ1n) is 9.40. The Morgan fingerprint density at radius 3 is 2.68 bits per heavy atom. The molecule has 0 N–H and O–H groups in total. The third-order valence-corrected chi connectivity index (χ3v) is 5.77. The smallest absolute Gasteiger partial charge is 0.122 e. The minimum atomic E-state index is 0.565. The van der Waals surface area contributed by atoms with Gasteiger partial charge in [0.1, 0.15) is 5.75 Å². The lowest BCUT2D eigenvalue weighted by Crippen LogP contribution is -2.47. The Bertz CT molecular complexity index is 765. The van der Waals surface area contributed by atoms with Crippen LogP contribution in [0.15, 0.2) is 54.6 Å². The van der Waals surface area contributed by atoms with Gasteiger partial charge < -0.3 is 4.74 Å². The Morgan fingerprint density at radius 2 is 1.92 bits per heavy atom. The maximum Gasteiger partial charge on any atom is 0.122 e. The fourth-order valence-electron chi connectivity index (χ4n) is 4.39. The van der Waals surface area contributed by atoms with Gasteiger partial charge in [0.2, 0.25) is 0 Å². The summed E-state index contributed by atoms with van der Waals surface area (Å²) in [6.45, 7) is 3.17. The third-order valence-electron chi connectivity index (χ3n) is 5.77. The molecule has 1 fully saturated rings. The summed E-state index contributed by atoms with van der Waals surface area (Å²) in [5, 5.41) is 0. The van der Waals surface area contributed by atoms with Crippen LogP contribution < -0.4 is 4.74 Å². The van der Waals surface area contributed by atoms with Crippen LogP contribution in [0.25, 0.3) is 5.57 Å². The van der Waals surface area contributed by atoms with E-state index in [0.29, 0.717) is 12.1 Å². The van der Waals surface area contributed by atoms with Crippen molar-refractivity contribution in [3.05, 3.63) is 71.3 Å². The van der Waals surface area contributed by atoms with Crippen molar-refractivity contribution in [1.29, 1.82) is 0 Å². The molecule has 0 aliphatic carbocycles. The molecule has 0 saturated carbocycles. The summed E-state index contributed by atoms with van der Waals surface area (Å²) in [6, 6.07) is 18.8. The molecule has 130 valence electrons. The summed E-state index contributed by atoms with van der Waals surface area (Å²) in [5.41, 5.74) is 5.46. The first kappa shape index (κ1) is 16.4. The molecule has 2 heteroatoms. The van der Waals surface area contributed by atoms with E-state index in [2.05, 4.69) is 66.4 Å². The zero-order valence-corrected chi connectivity index (χ0v) is 15.2. The number of rotatable bonds is 4. The van der Waals surface area contributed by atoms with Crippen LogP contribution in [0, 0.1) is 6.92 Å². The van der Waals surface area contributed by atoms with E-state index in [1.807, 2.05) is 0 Å². The van der Waals surface area contributed by atoms with E-state index in [0.717, 1.165) is 18.7 Å². The molecule has 1 saturated heterocycles. The average molecular weight is 333 g/mol. The van der Waals surface area contributed by atoms with Gasteiger partial charge in [0, 0.05) is 18.6 Å². The molecule has 2 aromatic carbocycles. The molecule has 0 radical (unpaired) electrons. The molecule has 0 amide bonds. The minimum Gasteiger partial charge on any atom is -0.496 e. The van der Waals surface area contributed by atoms with Crippen LogP contribution >= 0.6 is 0 Å². The molecular weight excluding hydrogens is 306 g/mol. The highest BCUT2D eigenvalue weighted by Crippen LogP contribution is 2.38. The highest BCUT2D eigenvalue weighted by molar-refractivity contribution is 5.69. The van der Waals surface area contributed by atoms with Gasteiger partial charge in [-0.1, -0.05) is 55.0 Å². The summed E-state index contributed by atoms with van der Waals surface area (Å²) in [5.74, 6) is 0.996. The van der Waals surface area contributed by atoms with Crippen LogP contribution in [-0.4, -0.2) is 24.1 Å². The normalized spacial score (nSPS) is 23.2. The molecule has 4 rings (SSSR count). The predicted octanol–water partition coefficient (Wildman–Crippen LogP) is 5.21. The SMILES string of the molecule is COc1cc(C2=CC3CCCC(C2)N3Cc2ccccc2)ccc1C. The fraction of sp³-hybridized carbons (Fsp3) is 0.391. The topological polar surface area (TPSA) is 12.5 Å². The second-order valence-corrected chi connectivity index (χ2v) is 7.39. The van der Waals surface area contributed by atoms with Crippen LogP contribution in [0.4, 0.5) is 0 Å². The van der Waals surface area contributed by atoms with Crippen molar-refractivity contribution in [3.8, 4) is 5.75 Å². The zero-order chi connectivity index (χ0) is 17.2. The van der Waals surface area contributed by atoms with Crippen LogP contribution in [0.3, 0.4) is 0 Å². The summed E-state index contributed by atoms with van der Waals surface area (Å²) in [7, 11) is 1.76. The largest absolute Gasteiger partial charge is 0.496 e.